The second kappa shape index (κ2) is 17.2. The van der Waals surface area contributed by atoms with Gasteiger partial charge in [-0.05, 0) is 84.1 Å². The van der Waals surface area contributed by atoms with Crippen molar-refractivity contribution in [2.45, 2.75) is 41.4 Å². The zero-order chi connectivity index (χ0) is 34.6. The minimum absolute atomic E-state index is 0.0107. The van der Waals surface area contributed by atoms with Crippen LogP contribution in [0.2, 0.25) is 5.02 Å². The maximum atomic E-state index is 13.7. The summed E-state index contributed by atoms with van der Waals surface area (Å²) in [5.74, 6) is -0.324. The molecule has 0 fully saturated rings. The highest BCUT2D eigenvalue weighted by atomic mass is 35.5. The lowest BCUT2D eigenvalue weighted by atomic mass is 9.96. The SMILES string of the molecule is O=C(NCCO)c1cc(S(=O)(=O)c2ccc(CCNC(Cc3ccccc3)[C@H](O)c3cccc(Cl)c3)cc2)ccc1OCc1ccccc1. The van der Waals surface area contributed by atoms with Gasteiger partial charge in [0, 0.05) is 17.6 Å². The Balaban J connectivity index is 1.28. The van der Waals surface area contributed by atoms with Crippen LogP contribution in [0.5, 0.6) is 5.75 Å². The summed E-state index contributed by atoms with van der Waals surface area (Å²) in [4.78, 5) is 13.0. The molecule has 4 N–H and O–H groups in total. The predicted molar refractivity (Wildman–Crippen MR) is 191 cm³/mol. The molecule has 0 aliphatic carbocycles. The first-order valence-corrected chi connectivity index (χ1v) is 17.9. The van der Waals surface area contributed by atoms with Gasteiger partial charge in [0.05, 0.1) is 28.1 Å². The molecule has 1 amide bonds. The molecule has 0 saturated carbocycles. The molecule has 0 radical (unpaired) electrons. The van der Waals surface area contributed by atoms with Gasteiger partial charge in [-0.2, -0.15) is 0 Å². The van der Waals surface area contributed by atoms with Crippen LogP contribution >= 0.6 is 11.6 Å². The minimum Gasteiger partial charge on any atom is -0.488 e. The second-order valence-corrected chi connectivity index (χ2v) is 13.9. The Kier molecular flexibility index (Phi) is 12.6. The number of nitrogens with one attached hydrogen (secondary N) is 2. The fourth-order valence-corrected chi connectivity index (χ4v) is 6.92. The van der Waals surface area contributed by atoms with Gasteiger partial charge in [0.2, 0.25) is 9.84 Å². The molecule has 8 nitrogen and oxygen atoms in total. The van der Waals surface area contributed by atoms with Crippen LogP contribution in [0.15, 0.2) is 137 Å². The van der Waals surface area contributed by atoms with Gasteiger partial charge in [0.1, 0.15) is 12.4 Å². The highest BCUT2D eigenvalue weighted by Crippen LogP contribution is 2.28. The molecule has 254 valence electrons. The van der Waals surface area contributed by atoms with E-state index < -0.39 is 21.8 Å². The van der Waals surface area contributed by atoms with E-state index in [0.717, 1.165) is 22.3 Å². The van der Waals surface area contributed by atoms with Crippen LogP contribution in [-0.4, -0.2) is 50.3 Å². The predicted octanol–water partition coefficient (Wildman–Crippen LogP) is 5.95. The molecule has 5 aromatic rings. The van der Waals surface area contributed by atoms with Crippen LogP contribution in [0.3, 0.4) is 0 Å². The zero-order valence-electron chi connectivity index (χ0n) is 26.8. The molecule has 0 bridgehead atoms. The van der Waals surface area contributed by atoms with Crippen molar-refractivity contribution in [1.29, 1.82) is 0 Å². The summed E-state index contributed by atoms with van der Waals surface area (Å²) in [5, 5.41) is 27.1. The summed E-state index contributed by atoms with van der Waals surface area (Å²) >= 11 is 6.20. The monoisotopic (exact) mass is 698 g/mol. The van der Waals surface area contributed by atoms with Crippen LogP contribution in [0, 0.1) is 0 Å². The number of halogens is 1. The van der Waals surface area contributed by atoms with Crippen LogP contribution in [0.1, 0.15) is 38.7 Å². The van der Waals surface area contributed by atoms with Crippen molar-refractivity contribution in [3.63, 3.8) is 0 Å². The molecule has 0 spiro atoms. The number of amides is 1. The van der Waals surface area contributed by atoms with Gasteiger partial charge in [-0.1, -0.05) is 96.5 Å². The van der Waals surface area contributed by atoms with Gasteiger partial charge in [0.25, 0.3) is 5.91 Å². The number of aliphatic hydroxyl groups excluding tert-OH is 2. The number of rotatable bonds is 16. The summed E-state index contributed by atoms with van der Waals surface area (Å²) in [7, 11) is -3.97. The van der Waals surface area contributed by atoms with Gasteiger partial charge in [-0.15, -0.1) is 0 Å². The van der Waals surface area contributed by atoms with Gasteiger partial charge in [-0.25, -0.2) is 8.42 Å². The lowest BCUT2D eigenvalue weighted by Crippen LogP contribution is -2.38. The summed E-state index contributed by atoms with van der Waals surface area (Å²) in [5.41, 5.74) is 3.66. The number of carbonyl (C=O) groups excluding carboxylic acids is 1. The first kappa shape index (κ1) is 35.8. The molecule has 0 heterocycles. The quantitative estimate of drug-likeness (QED) is 0.100. The van der Waals surface area contributed by atoms with E-state index in [4.69, 9.17) is 16.3 Å². The molecule has 49 heavy (non-hydrogen) atoms. The average Bonchev–Trinajstić information content (AvgIpc) is 3.13. The number of sulfone groups is 1. The van der Waals surface area contributed by atoms with E-state index in [1.54, 1.807) is 36.4 Å². The maximum absolute atomic E-state index is 13.7. The molecule has 2 atom stereocenters. The molecule has 5 aromatic carbocycles. The molecule has 0 saturated heterocycles. The van der Waals surface area contributed by atoms with Gasteiger partial charge >= 0.3 is 0 Å². The number of hydrogen-bond acceptors (Lipinski definition) is 7. The highest BCUT2D eigenvalue weighted by molar-refractivity contribution is 7.91. The van der Waals surface area contributed by atoms with E-state index >= 15 is 0 Å². The van der Waals surface area contributed by atoms with Crippen molar-refractivity contribution >= 4 is 27.3 Å². The topological polar surface area (TPSA) is 125 Å². The van der Waals surface area contributed by atoms with Crippen LogP contribution in [-0.2, 0) is 29.3 Å². The number of benzene rings is 5. The van der Waals surface area contributed by atoms with E-state index in [0.29, 0.717) is 24.4 Å². The lowest BCUT2D eigenvalue weighted by Gasteiger charge is -2.25. The third kappa shape index (κ3) is 9.78. The van der Waals surface area contributed by atoms with E-state index in [9.17, 15) is 23.4 Å². The summed E-state index contributed by atoms with van der Waals surface area (Å²) in [6.45, 7) is 0.479. The van der Waals surface area contributed by atoms with Gasteiger partial charge < -0.3 is 25.6 Å². The molecule has 5 rings (SSSR count). The van der Waals surface area contributed by atoms with E-state index in [1.807, 2.05) is 72.8 Å². The smallest absolute Gasteiger partial charge is 0.255 e. The Morgan fingerprint density at radius 1 is 0.755 bits per heavy atom. The van der Waals surface area contributed by atoms with Crippen molar-refractivity contribution in [3.8, 4) is 5.75 Å². The average molecular weight is 699 g/mol. The van der Waals surface area contributed by atoms with E-state index in [2.05, 4.69) is 10.6 Å². The third-order valence-corrected chi connectivity index (χ3v) is 10.1. The van der Waals surface area contributed by atoms with Gasteiger partial charge in [-0.3, -0.25) is 4.79 Å². The molecule has 0 aromatic heterocycles. The van der Waals surface area contributed by atoms with Crippen molar-refractivity contribution in [1.82, 2.24) is 10.6 Å². The lowest BCUT2D eigenvalue weighted by molar-refractivity contribution is 0.0940. The normalized spacial score (nSPS) is 12.6. The van der Waals surface area contributed by atoms with Crippen molar-refractivity contribution < 1.29 is 28.2 Å². The van der Waals surface area contributed by atoms with Crippen molar-refractivity contribution in [2.24, 2.45) is 0 Å². The largest absolute Gasteiger partial charge is 0.488 e. The van der Waals surface area contributed by atoms with Crippen molar-refractivity contribution in [3.05, 3.63) is 160 Å². The highest BCUT2D eigenvalue weighted by Gasteiger charge is 2.23. The molecular formula is C39H39ClN2O6S. The first-order valence-electron chi connectivity index (χ1n) is 16.0. The second-order valence-electron chi connectivity index (χ2n) is 11.6. The van der Waals surface area contributed by atoms with E-state index in [1.165, 1.54) is 18.2 Å². The molecular weight excluding hydrogens is 660 g/mol. The van der Waals surface area contributed by atoms with Crippen LogP contribution in [0.4, 0.5) is 0 Å². The molecule has 0 aliphatic rings. The van der Waals surface area contributed by atoms with Crippen LogP contribution < -0.4 is 15.4 Å². The number of aliphatic hydroxyl groups is 2. The summed E-state index contributed by atoms with van der Waals surface area (Å²) in [6.07, 6.45) is 0.398. The molecule has 1 unspecified atom stereocenters. The number of ether oxygens (including phenoxy) is 1. The first-order chi connectivity index (χ1) is 23.7. The number of hydrogen-bond donors (Lipinski definition) is 4. The molecule has 10 heteroatoms. The van der Waals surface area contributed by atoms with Crippen molar-refractivity contribution in [2.75, 3.05) is 19.7 Å². The fourth-order valence-electron chi connectivity index (χ4n) is 5.44. The van der Waals surface area contributed by atoms with Crippen LogP contribution in [0.25, 0.3) is 0 Å². The Labute approximate surface area is 292 Å². The Hall–Kier alpha value is -4.51. The minimum atomic E-state index is -3.97. The zero-order valence-corrected chi connectivity index (χ0v) is 28.4. The fraction of sp³-hybridized carbons (Fsp3) is 0.205. The maximum Gasteiger partial charge on any atom is 0.255 e. The summed E-state index contributed by atoms with van der Waals surface area (Å²) < 4.78 is 33.2. The third-order valence-electron chi connectivity index (χ3n) is 8.06. The Bertz CT molecular complexity index is 1920. The Morgan fingerprint density at radius 2 is 1.43 bits per heavy atom. The number of carbonyl (C=O) groups is 1. The Morgan fingerprint density at radius 3 is 2.10 bits per heavy atom. The van der Waals surface area contributed by atoms with E-state index in [-0.39, 0.29) is 46.9 Å². The summed E-state index contributed by atoms with van der Waals surface area (Å²) in [6, 6.07) is 37.1. The van der Waals surface area contributed by atoms with Gasteiger partial charge in [0.15, 0.2) is 0 Å². The standard InChI is InChI=1S/C39H39ClN2O6S/c40-32-13-7-12-31(25-32)38(44)36(24-29-8-3-1-4-9-29)41-21-20-28-14-16-33(17-15-28)49(46,47)34-18-19-37(35(26-34)39(45)42-22-23-43)48-27-30-10-5-2-6-11-30/h1-19,25-26,36,38,41,43-44H,20-24,27H2,(H,42,45)/t36?,38-/m1/s1. The molecule has 0 aliphatic heterocycles.